The van der Waals surface area contributed by atoms with Gasteiger partial charge in [0.25, 0.3) is 0 Å². The zero-order valence-corrected chi connectivity index (χ0v) is 15.5. The van der Waals surface area contributed by atoms with E-state index in [9.17, 15) is 13.2 Å². The SMILES string of the molecule is CCS(=O)(=O)NC1CCC2(CC1)CCN(C(=O)OC(C)(C)C)C2. The van der Waals surface area contributed by atoms with Gasteiger partial charge in [-0.05, 0) is 65.2 Å². The normalized spacial score (nSPS) is 29.0. The van der Waals surface area contributed by atoms with Crippen LogP contribution in [0.2, 0.25) is 0 Å². The Balaban J connectivity index is 1.86. The van der Waals surface area contributed by atoms with Crippen LogP contribution in [0, 0.1) is 5.41 Å². The highest BCUT2D eigenvalue weighted by atomic mass is 32.2. The van der Waals surface area contributed by atoms with Crippen LogP contribution in [0.4, 0.5) is 4.79 Å². The largest absolute Gasteiger partial charge is 0.444 e. The third-order valence-electron chi connectivity index (χ3n) is 4.86. The van der Waals surface area contributed by atoms with Crippen molar-refractivity contribution < 1.29 is 17.9 Å². The first-order chi connectivity index (χ1) is 10.5. The molecular formula is C16H30N2O4S. The van der Waals surface area contributed by atoms with Gasteiger partial charge in [-0.3, -0.25) is 0 Å². The van der Waals surface area contributed by atoms with E-state index in [-0.39, 0.29) is 23.3 Å². The lowest BCUT2D eigenvalue weighted by Gasteiger charge is -2.37. The highest BCUT2D eigenvalue weighted by Crippen LogP contribution is 2.44. The molecule has 1 amide bonds. The smallest absolute Gasteiger partial charge is 0.410 e. The summed E-state index contributed by atoms with van der Waals surface area (Å²) in [5.41, 5.74) is -0.325. The Morgan fingerprint density at radius 1 is 1.26 bits per heavy atom. The summed E-state index contributed by atoms with van der Waals surface area (Å²) in [4.78, 5) is 14.0. The summed E-state index contributed by atoms with van der Waals surface area (Å²) in [6.45, 7) is 8.75. The second-order valence-corrected chi connectivity index (χ2v) is 9.99. The summed E-state index contributed by atoms with van der Waals surface area (Å²) in [6, 6.07) is 0.0427. The van der Waals surface area contributed by atoms with Crippen LogP contribution >= 0.6 is 0 Å². The third kappa shape index (κ3) is 5.08. The van der Waals surface area contributed by atoms with E-state index in [1.807, 2.05) is 25.7 Å². The standard InChI is InChI=1S/C16H30N2O4S/c1-5-23(20,21)17-13-6-8-16(9-7-13)10-11-18(12-16)14(19)22-15(2,3)4/h13,17H,5-12H2,1-4H3. The number of nitrogens with zero attached hydrogens (tertiary/aromatic N) is 1. The van der Waals surface area contributed by atoms with E-state index in [1.165, 1.54) is 0 Å². The molecule has 0 radical (unpaired) electrons. The predicted molar refractivity (Wildman–Crippen MR) is 89.7 cm³/mol. The average molecular weight is 346 g/mol. The van der Waals surface area contributed by atoms with Crippen LogP contribution < -0.4 is 4.72 Å². The lowest BCUT2D eigenvalue weighted by atomic mass is 9.72. The van der Waals surface area contributed by atoms with Crippen molar-refractivity contribution in [1.82, 2.24) is 9.62 Å². The number of carbonyl (C=O) groups excluding carboxylic acids is 1. The van der Waals surface area contributed by atoms with E-state index < -0.39 is 15.6 Å². The maximum Gasteiger partial charge on any atom is 0.410 e. The average Bonchev–Trinajstić information content (AvgIpc) is 2.84. The van der Waals surface area contributed by atoms with Crippen molar-refractivity contribution in [1.29, 1.82) is 0 Å². The predicted octanol–water partition coefficient (Wildman–Crippen LogP) is 2.50. The number of carbonyl (C=O) groups is 1. The zero-order chi connectivity index (χ0) is 17.3. The fourth-order valence-electron chi connectivity index (χ4n) is 3.51. The monoisotopic (exact) mass is 346 g/mol. The van der Waals surface area contributed by atoms with Crippen LogP contribution in [0.15, 0.2) is 0 Å². The van der Waals surface area contributed by atoms with E-state index in [0.29, 0.717) is 0 Å². The summed E-state index contributed by atoms with van der Waals surface area (Å²) in [7, 11) is -3.13. The van der Waals surface area contributed by atoms with Gasteiger partial charge < -0.3 is 9.64 Å². The summed E-state index contributed by atoms with van der Waals surface area (Å²) in [5.74, 6) is 0.126. The first-order valence-electron chi connectivity index (χ1n) is 8.52. The number of hydrogen-bond acceptors (Lipinski definition) is 4. The van der Waals surface area contributed by atoms with Crippen molar-refractivity contribution in [2.45, 2.75) is 71.4 Å². The maximum atomic E-state index is 12.2. The molecular weight excluding hydrogens is 316 g/mol. The molecule has 23 heavy (non-hydrogen) atoms. The first-order valence-corrected chi connectivity index (χ1v) is 10.2. The first kappa shape index (κ1) is 18.5. The number of hydrogen-bond donors (Lipinski definition) is 1. The Morgan fingerprint density at radius 3 is 2.39 bits per heavy atom. The quantitative estimate of drug-likeness (QED) is 0.852. The van der Waals surface area contributed by atoms with Gasteiger partial charge >= 0.3 is 6.09 Å². The fourth-order valence-corrected chi connectivity index (χ4v) is 4.42. The molecule has 1 spiro atoms. The fraction of sp³-hybridized carbons (Fsp3) is 0.938. The van der Waals surface area contributed by atoms with Crippen LogP contribution in [0.25, 0.3) is 0 Å². The van der Waals surface area contributed by atoms with Gasteiger partial charge in [0.2, 0.25) is 10.0 Å². The van der Waals surface area contributed by atoms with E-state index in [1.54, 1.807) is 6.92 Å². The highest BCUT2D eigenvalue weighted by molar-refractivity contribution is 7.89. The minimum absolute atomic E-state index is 0.0427. The second kappa shape index (κ2) is 6.59. The van der Waals surface area contributed by atoms with Crippen molar-refractivity contribution in [2.75, 3.05) is 18.8 Å². The summed E-state index contributed by atoms with van der Waals surface area (Å²) in [5, 5.41) is 0. The topological polar surface area (TPSA) is 75.7 Å². The molecule has 1 heterocycles. The van der Waals surface area contributed by atoms with Gasteiger partial charge in [-0.25, -0.2) is 17.9 Å². The van der Waals surface area contributed by atoms with Crippen molar-refractivity contribution in [3.8, 4) is 0 Å². The van der Waals surface area contributed by atoms with Gasteiger partial charge in [0.05, 0.1) is 5.75 Å². The molecule has 1 saturated carbocycles. The van der Waals surface area contributed by atoms with Crippen LogP contribution in [0.1, 0.15) is 59.8 Å². The lowest BCUT2D eigenvalue weighted by Crippen LogP contribution is -2.43. The number of rotatable bonds is 3. The molecule has 134 valence electrons. The molecule has 1 aliphatic carbocycles. The molecule has 6 nitrogen and oxygen atoms in total. The second-order valence-electron chi connectivity index (χ2n) is 7.95. The Morgan fingerprint density at radius 2 is 1.87 bits per heavy atom. The van der Waals surface area contributed by atoms with Crippen LogP contribution in [-0.4, -0.2) is 49.9 Å². The molecule has 0 aromatic heterocycles. The number of nitrogens with one attached hydrogen (secondary N) is 1. The molecule has 0 aromatic carbocycles. The van der Waals surface area contributed by atoms with Crippen molar-refractivity contribution >= 4 is 16.1 Å². The van der Waals surface area contributed by atoms with Crippen molar-refractivity contribution in [2.24, 2.45) is 5.41 Å². The van der Waals surface area contributed by atoms with Gasteiger partial charge in [-0.2, -0.15) is 0 Å². The van der Waals surface area contributed by atoms with Crippen molar-refractivity contribution in [3.05, 3.63) is 0 Å². The Bertz CT molecular complexity index is 531. The molecule has 0 unspecified atom stereocenters. The Hall–Kier alpha value is -0.820. The van der Waals surface area contributed by atoms with E-state index >= 15 is 0 Å². The highest BCUT2D eigenvalue weighted by Gasteiger charge is 2.43. The molecule has 1 N–H and O–H groups in total. The van der Waals surface area contributed by atoms with Crippen LogP contribution in [0.5, 0.6) is 0 Å². The maximum absolute atomic E-state index is 12.2. The number of sulfonamides is 1. The number of likely N-dealkylation sites (tertiary alicyclic amines) is 1. The van der Waals surface area contributed by atoms with Gasteiger partial charge in [0, 0.05) is 19.1 Å². The summed E-state index contributed by atoms with van der Waals surface area (Å²) in [6.07, 6.45) is 4.37. The molecule has 7 heteroatoms. The van der Waals surface area contributed by atoms with Gasteiger partial charge in [-0.1, -0.05) is 0 Å². The van der Waals surface area contributed by atoms with E-state index in [2.05, 4.69) is 4.72 Å². The van der Waals surface area contributed by atoms with Crippen LogP contribution in [-0.2, 0) is 14.8 Å². The molecule has 2 rings (SSSR count). The number of ether oxygens (including phenoxy) is 1. The Kier molecular flexibility index (Phi) is 5.31. The molecule has 1 saturated heterocycles. The minimum atomic E-state index is -3.13. The molecule has 2 aliphatic rings. The lowest BCUT2D eigenvalue weighted by molar-refractivity contribution is 0.0260. The molecule has 1 aliphatic heterocycles. The third-order valence-corrected chi connectivity index (χ3v) is 6.32. The number of amides is 1. The zero-order valence-electron chi connectivity index (χ0n) is 14.7. The summed E-state index contributed by atoms with van der Waals surface area (Å²) >= 11 is 0. The van der Waals surface area contributed by atoms with Crippen LogP contribution in [0.3, 0.4) is 0 Å². The Labute approximate surface area is 140 Å². The van der Waals surface area contributed by atoms with Gasteiger partial charge in [0.15, 0.2) is 0 Å². The molecule has 2 fully saturated rings. The van der Waals surface area contributed by atoms with Crippen molar-refractivity contribution in [3.63, 3.8) is 0 Å². The van der Waals surface area contributed by atoms with Gasteiger partial charge in [-0.15, -0.1) is 0 Å². The molecule has 0 bridgehead atoms. The van der Waals surface area contributed by atoms with E-state index in [4.69, 9.17) is 4.74 Å². The molecule has 0 aromatic rings. The minimum Gasteiger partial charge on any atom is -0.444 e. The van der Waals surface area contributed by atoms with E-state index in [0.717, 1.165) is 45.2 Å². The van der Waals surface area contributed by atoms with Gasteiger partial charge in [0.1, 0.15) is 5.60 Å². The molecule has 0 atom stereocenters. The summed E-state index contributed by atoms with van der Waals surface area (Å²) < 4.78 is 31.6.